The third kappa shape index (κ3) is 1.54. The summed E-state index contributed by atoms with van der Waals surface area (Å²) in [5.41, 5.74) is 5.83. The summed E-state index contributed by atoms with van der Waals surface area (Å²) < 4.78 is 0. The lowest BCUT2D eigenvalue weighted by atomic mass is 10.2. The largest absolute Gasteiger partial charge is 0.342 e. The Bertz CT molecular complexity index is 418. The van der Waals surface area contributed by atoms with E-state index in [4.69, 9.17) is 5.84 Å². The van der Waals surface area contributed by atoms with Crippen LogP contribution >= 0.6 is 0 Å². The molecule has 68 valence electrons. The normalized spacial score (nSPS) is 10.9. The number of aromatic nitrogens is 2. The van der Waals surface area contributed by atoms with Crippen LogP contribution in [0.2, 0.25) is 0 Å². The molecule has 0 aliphatic heterocycles. The van der Waals surface area contributed by atoms with Crippen molar-refractivity contribution in [2.75, 3.05) is 0 Å². The zero-order valence-electron chi connectivity index (χ0n) is 7.46. The van der Waals surface area contributed by atoms with E-state index in [1.54, 1.807) is 0 Å². The fourth-order valence-corrected chi connectivity index (χ4v) is 1.41. The number of hydrogen-bond acceptors (Lipinski definition) is 3. The highest BCUT2D eigenvalue weighted by molar-refractivity contribution is 5.75. The summed E-state index contributed by atoms with van der Waals surface area (Å²) in [5.74, 6) is 6.17. The molecule has 0 unspecified atom stereocenters. The van der Waals surface area contributed by atoms with Gasteiger partial charge in [0.1, 0.15) is 5.82 Å². The van der Waals surface area contributed by atoms with E-state index in [-0.39, 0.29) is 0 Å². The van der Waals surface area contributed by atoms with Gasteiger partial charge >= 0.3 is 0 Å². The topological polar surface area (TPSA) is 66.7 Å². The van der Waals surface area contributed by atoms with Gasteiger partial charge < -0.3 is 4.98 Å². The molecule has 0 aliphatic rings. The molecule has 0 saturated carbocycles. The molecule has 4 heteroatoms. The number of H-pyrrole nitrogens is 1. The van der Waals surface area contributed by atoms with Gasteiger partial charge in [-0.1, -0.05) is 6.07 Å². The molecule has 0 fully saturated rings. The number of aromatic amines is 1. The predicted molar refractivity (Wildman–Crippen MR) is 51.9 cm³/mol. The molecule has 2 rings (SSSR count). The fraction of sp³-hybridized carbons (Fsp3) is 0.222. The summed E-state index contributed by atoms with van der Waals surface area (Å²) in [4.78, 5) is 7.48. The Hall–Kier alpha value is -1.39. The first-order valence-electron chi connectivity index (χ1n) is 4.18. The van der Waals surface area contributed by atoms with Crippen molar-refractivity contribution in [2.24, 2.45) is 5.84 Å². The molecule has 0 spiro atoms. The number of fused-ring (bicyclic) bond motifs is 1. The van der Waals surface area contributed by atoms with Crippen LogP contribution in [0.15, 0.2) is 18.2 Å². The number of imidazole rings is 1. The van der Waals surface area contributed by atoms with Gasteiger partial charge in [-0.25, -0.2) is 4.98 Å². The zero-order valence-corrected chi connectivity index (χ0v) is 7.46. The van der Waals surface area contributed by atoms with Gasteiger partial charge in [0.05, 0.1) is 11.0 Å². The number of hydrazine groups is 1. The van der Waals surface area contributed by atoms with Crippen LogP contribution < -0.4 is 11.3 Å². The van der Waals surface area contributed by atoms with Gasteiger partial charge in [-0.2, -0.15) is 0 Å². The smallest absolute Gasteiger partial charge is 0.104 e. The summed E-state index contributed by atoms with van der Waals surface area (Å²) >= 11 is 0. The van der Waals surface area contributed by atoms with Crippen LogP contribution in [-0.2, 0) is 6.54 Å². The van der Waals surface area contributed by atoms with E-state index in [0.29, 0.717) is 6.54 Å². The Balaban J connectivity index is 2.48. The van der Waals surface area contributed by atoms with Crippen molar-refractivity contribution in [3.63, 3.8) is 0 Å². The first-order chi connectivity index (χ1) is 6.29. The first-order valence-corrected chi connectivity index (χ1v) is 4.18. The lowest BCUT2D eigenvalue weighted by molar-refractivity contribution is 0.742. The van der Waals surface area contributed by atoms with E-state index in [2.05, 4.69) is 21.5 Å². The second-order valence-electron chi connectivity index (χ2n) is 3.05. The Labute approximate surface area is 76.1 Å². The number of nitrogens with one attached hydrogen (secondary N) is 2. The van der Waals surface area contributed by atoms with Crippen molar-refractivity contribution in [1.82, 2.24) is 15.4 Å². The minimum atomic E-state index is 0.675. The van der Waals surface area contributed by atoms with E-state index in [1.807, 2.05) is 19.1 Å². The van der Waals surface area contributed by atoms with E-state index in [9.17, 15) is 0 Å². The monoisotopic (exact) mass is 176 g/mol. The summed E-state index contributed by atoms with van der Waals surface area (Å²) in [6, 6.07) is 6.06. The Morgan fingerprint density at radius 2 is 2.38 bits per heavy atom. The molecule has 1 aromatic heterocycles. The zero-order chi connectivity index (χ0) is 9.26. The van der Waals surface area contributed by atoms with Crippen molar-refractivity contribution in [3.8, 4) is 0 Å². The number of nitrogens with two attached hydrogens (primary N) is 1. The number of nitrogens with zero attached hydrogens (tertiary/aromatic N) is 1. The number of rotatable bonds is 2. The summed E-state index contributed by atoms with van der Waals surface area (Å²) in [5, 5.41) is 0. The molecular formula is C9H12N4. The van der Waals surface area contributed by atoms with Gasteiger partial charge in [-0.3, -0.25) is 11.3 Å². The van der Waals surface area contributed by atoms with Gasteiger partial charge in [0.25, 0.3) is 0 Å². The van der Waals surface area contributed by atoms with Gasteiger partial charge in [-0.15, -0.1) is 0 Å². The molecule has 0 bridgehead atoms. The maximum atomic E-state index is 5.23. The van der Waals surface area contributed by atoms with Crippen LogP contribution in [0.5, 0.6) is 0 Å². The van der Waals surface area contributed by atoms with Gasteiger partial charge in [-0.05, 0) is 24.6 Å². The summed E-state index contributed by atoms with van der Waals surface area (Å²) in [7, 11) is 0. The second-order valence-corrected chi connectivity index (χ2v) is 3.05. The molecule has 1 aromatic carbocycles. The van der Waals surface area contributed by atoms with Crippen molar-refractivity contribution in [2.45, 2.75) is 13.5 Å². The maximum absolute atomic E-state index is 5.23. The average molecular weight is 176 g/mol. The molecule has 0 saturated heterocycles. The molecular weight excluding hydrogens is 164 g/mol. The number of benzene rings is 1. The van der Waals surface area contributed by atoms with Crippen LogP contribution in [0.25, 0.3) is 11.0 Å². The molecule has 2 aromatic rings. The third-order valence-electron chi connectivity index (χ3n) is 1.97. The van der Waals surface area contributed by atoms with Crippen LogP contribution in [-0.4, -0.2) is 9.97 Å². The standard InChI is InChI=1S/C9H12N4/c1-6-12-8-3-2-7(5-11-10)4-9(8)13-6/h2-4,11H,5,10H2,1H3,(H,12,13). The van der Waals surface area contributed by atoms with Gasteiger partial charge in [0, 0.05) is 6.54 Å². The highest BCUT2D eigenvalue weighted by Crippen LogP contribution is 2.12. The minimum Gasteiger partial charge on any atom is -0.342 e. The van der Waals surface area contributed by atoms with Gasteiger partial charge in [0.2, 0.25) is 0 Å². The van der Waals surface area contributed by atoms with Crippen molar-refractivity contribution in [1.29, 1.82) is 0 Å². The maximum Gasteiger partial charge on any atom is 0.104 e. The molecule has 1 heterocycles. The first kappa shape index (κ1) is 8.22. The Kier molecular flexibility index (Phi) is 2.00. The molecule has 4 N–H and O–H groups in total. The average Bonchev–Trinajstić information content (AvgIpc) is 2.44. The highest BCUT2D eigenvalue weighted by atomic mass is 15.2. The Morgan fingerprint density at radius 3 is 3.15 bits per heavy atom. The Morgan fingerprint density at radius 1 is 1.54 bits per heavy atom. The highest BCUT2D eigenvalue weighted by Gasteiger charge is 1.99. The van der Waals surface area contributed by atoms with Crippen LogP contribution in [0.1, 0.15) is 11.4 Å². The van der Waals surface area contributed by atoms with Crippen molar-refractivity contribution in [3.05, 3.63) is 29.6 Å². The summed E-state index contributed by atoms with van der Waals surface area (Å²) in [6.07, 6.45) is 0. The quantitative estimate of drug-likeness (QED) is 0.469. The van der Waals surface area contributed by atoms with Crippen LogP contribution in [0, 0.1) is 6.92 Å². The van der Waals surface area contributed by atoms with Crippen molar-refractivity contribution >= 4 is 11.0 Å². The predicted octanol–water partition coefficient (Wildman–Crippen LogP) is 0.835. The van der Waals surface area contributed by atoms with E-state index in [1.165, 1.54) is 0 Å². The van der Waals surface area contributed by atoms with E-state index >= 15 is 0 Å². The minimum absolute atomic E-state index is 0.675. The lowest BCUT2D eigenvalue weighted by Gasteiger charge is -1.98. The molecule has 0 aliphatic carbocycles. The van der Waals surface area contributed by atoms with Gasteiger partial charge in [0.15, 0.2) is 0 Å². The SMILES string of the molecule is Cc1nc2ccc(CNN)cc2[nH]1. The molecule has 0 amide bonds. The third-order valence-corrected chi connectivity index (χ3v) is 1.97. The molecule has 13 heavy (non-hydrogen) atoms. The van der Waals surface area contributed by atoms with Crippen molar-refractivity contribution < 1.29 is 0 Å². The molecule has 0 atom stereocenters. The molecule has 0 radical (unpaired) electrons. The summed E-state index contributed by atoms with van der Waals surface area (Å²) in [6.45, 7) is 2.62. The lowest BCUT2D eigenvalue weighted by Crippen LogP contribution is -2.20. The van der Waals surface area contributed by atoms with E-state index in [0.717, 1.165) is 22.4 Å². The number of hydrogen-bond donors (Lipinski definition) is 3. The number of aryl methyl sites for hydroxylation is 1. The fourth-order valence-electron chi connectivity index (χ4n) is 1.41. The van der Waals surface area contributed by atoms with Crippen LogP contribution in [0.4, 0.5) is 0 Å². The van der Waals surface area contributed by atoms with E-state index < -0.39 is 0 Å². The molecule has 4 nitrogen and oxygen atoms in total. The second kappa shape index (κ2) is 3.16. The van der Waals surface area contributed by atoms with Crippen LogP contribution in [0.3, 0.4) is 0 Å².